The molecule has 0 amide bonds. The van der Waals surface area contributed by atoms with E-state index in [4.69, 9.17) is 4.74 Å². The van der Waals surface area contributed by atoms with E-state index in [9.17, 15) is 5.26 Å². The molecule has 0 fully saturated rings. The van der Waals surface area contributed by atoms with Crippen LogP contribution < -0.4 is 5.32 Å². The lowest BCUT2D eigenvalue weighted by Gasteiger charge is -2.31. The molecule has 4 nitrogen and oxygen atoms in total. The van der Waals surface area contributed by atoms with Gasteiger partial charge in [0.25, 0.3) is 0 Å². The third-order valence-corrected chi connectivity index (χ3v) is 3.26. The standard InChI is InChI=1S/C14H29N3O/c1-6-8-16-14(4,12-15)11-13(3)17(5)9-10-18-7-2/h13,16H,6-11H2,1-5H3. The second kappa shape index (κ2) is 9.32. The van der Waals surface area contributed by atoms with Crippen LogP contribution in [0.3, 0.4) is 0 Å². The summed E-state index contributed by atoms with van der Waals surface area (Å²) in [6.07, 6.45) is 1.87. The Morgan fingerprint density at radius 1 is 1.44 bits per heavy atom. The van der Waals surface area contributed by atoms with E-state index in [1.165, 1.54) is 0 Å². The van der Waals surface area contributed by atoms with E-state index in [0.717, 1.165) is 39.1 Å². The smallest absolute Gasteiger partial charge is 0.105 e. The minimum atomic E-state index is -0.435. The molecule has 0 spiro atoms. The van der Waals surface area contributed by atoms with Gasteiger partial charge in [-0.2, -0.15) is 5.26 Å². The van der Waals surface area contributed by atoms with Crippen molar-refractivity contribution in [2.45, 2.75) is 52.1 Å². The van der Waals surface area contributed by atoms with Gasteiger partial charge in [-0.3, -0.25) is 5.32 Å². The molecule has 0 saturated carbocycles. The molecule has 0 rings (SSSR count). The van der Waals surface area contributed by atoms with E-state index in [-0.39, 0.29) is 0 Å². The molecule has 0 saturated heterocycles. The van der Waals surface area contributed by atoms with Crippen molar-refractivity contribution in [2.75, 3.05) is 33.4 Å². The topological polar surface area (TPSA) is 48.3 Å². The number of hydrogen-bond donors (Lipinski definition) is 1. The Kier molecular flexibility index (Phi) is 8.99. The summed E-state index contributed by atoms with van der Waals surface area (Å²) < 4.78 is 5.35. The molecule has 0 aromatic heterocycles. The van der Waals surface area contributed by atoms with Crippen molar-refractivity contribution < 1.29 is 4.74 Å². The van der Waals surface area contributed by atoms with Crippen LogP contribution in [0.4, 0.5) is 0 Å². The quantitative estimate of drug-likeness (QED) is 0.607. The summed E-state index contributed by atoms with van der Waals surface area (Å²) in [5, 5.41) is 12.6. The predicted molar refractivity (Wildman–Crippen MR) is 75.5 cm³/mol. The van der Waals surface area contributed by atoms with E-state index >= 15 is 0 Å². The maximum Gasteiger partial charge on any atom is 0.105 e. The van der Waals surface area contributed by atoms with Gasteiger partial charge in [0.15, 0.2) is 0 Å². The number of nitriles is 1. The van der Waals surface area contributed by atoms with Crippen molar-refractivity contribution in [3.8, 4) is 6.07 Å². The summed E-state index contributed by atoms with van der Waals surface area (Å²) in [6.45, 7) is 11.6. The summed E-state index contributed by atoms with van der Waals surface area (Å²) >= 11 is 0. The maximum absolute atomic E-state index is 9.30. The first-order valence-electron chi connectivity index (χ1n) is 6.93. The van der Waals surface area contributed by atoms with Gasteiger partial charge in [0, 0.05) is 19.2 Å². The SMILES string of the molecule is CCCNC(C)(C#N)CC(C)N(C)CCOCC. The van der Waals surface area contributed by atoms with Crippen LogP contribution in [0.2, 0.25) is 0 Å². The first-order chi connectivity index (χ1) is 8.49. The van der Waals surface area contributed by atoms with E-state index in [2.05, 4.69) is 37.2 Å². The third-order valence-electron chi connectivity index (χ3n) is 3.26. The second-order valence-electron chi connectivity index (χ2n) is 5.10. The van der Waals surface area contributed by atoms with Crippen LogP contribution in [0.15, 0.2) is 0 Å². The average Bonchev–Trinajstić information content (AvgIpc) is 2.36. The molecule has 0 aliphatic carbocycles. The van der Waals surface area contributed by atoms with Gasteiger partial charge in [0.2, 0.25) is 0 Å². The molecule has 0 aliphatic rings. The molecule has 1 N–H and O–H groups in total. The zero-order chi connectivity index (χ0) is 14.0. The van der Waals surface area contributed by atoms with Crippen molar-refractivity contribution >= 4 is 0 Å². The van der Waals surface area contributed by atoms with E-state index in [0.29, 0.717) is 6.04 Å². The van der Waals surface area contributed by atoms with Crippen LogP contribution >= 0.6 is 0 Å². The minimum Gasteiger partial charge on any atom is -0.380 e. The van der Waals surface area contributed by atoms with Crippen molar-refractivity contribution in [1.29, 1.82) is 5.26 Å². The van der Waals surface area contributed by atoms with E-state index in [1.54, 1.807) is 0 Å². The molecule has 0 aliphatic heterocycles. The van der Waals surface area contributed by atoms with Crippen molar-refractivity contribution in [3.63, 3.8) is 0 Å². The fourth-order valence-electron chi connectivity index (χ4n) is 1.88. The van der Waals surface area contributed by atoms with Gasteiger partial charge < -0.3 is 9.64 Å². The average molecular weight is 255 g/mol. The van der Waals surface area contributed by atoms with Gasteiger partial charge in [-0.25, -0.2) is 0 Å². The van der Waals surface area contributed by atoms with Crippen LogP contribution in [-0.2, 0) is 4.74 Å². The first kappa shape index (κ1) is 17.4. The van der Waals surface area contributed by atoms with Crippen molar-refractivity contribution in [1.82, 2.24) is 10.2 Å². The van der Waals surface area contributed by atoms with Crippen LogP contribution in [0, 0.1) is 11.3 Å². The summed E-state index contributed by atoms with van der Waals surface area (Å²) in [7, 11) is 2.08. The maximum atomic E-state index is 9.30. The molecular weight excluding hydrogens is 226 g/mol. The lowest BCUT2D eigenvalue weighted by atomic mass is 9.94. The summed E-state index contributed by atoms with van der Waals surface area (Å²) in [5.41, 5.74) is -0.435. The monoisotopic (exact) mass is 255 g/mol. The molecule has 0 aromatic rings. The van der Waals surface area contributed by atoms with Crippen LogP contribution in [0.25, 0.3) is 0 Å². The molecule has 2 atom stereocenters. The van der Waals surface area contributed by atoms with E-state index < -0.39 is 5.54 Å². The number of rotatable bonds is 10. The van der Waals surface area contributed by atoms with Crippen molar-refractivity contribution in [2.24, 2.45) is 0 Å². The zero-order valence-electron chi connectivity index (χ0n) is 12.6. The zero-order valence-corrected chi connectivity index (χ0v) is 12.6. The Bertz CT molecular complexity index is 252. The van der Waals surface area contributed by atoms with Gasteiger partial charge in [-0.15, -0.1) is 0 Å². The normalized spacial score (nSPS) is 16.3. The second-order valence-corrected chi connectivity index (χ2v) is 5.10. The van der Waals surface area contributed by atoms with Crippen molar-refractivity contribution in [3.05, 3.63) is 0 Å². The Balaban J connectivity index is 4.16. The predicted octanol–water partition coefficient (Wildman–Crippen LogP) is 2.02. The largest absolute Gasteiger partial charge is 0.380 e. The van der Waals surface area contributed by atoms with Crippen LogP contribution in [0.5, 0.6) is 0 Å². The molecule has 2 unspecified atom stereocenters. The van der Waals surface area contributed by atoms with Gasteiger partial charge in [-0.1, -0.05) is 6.92 Å². The Morgan fingerprint density at radius 3 is 2.61 bits per heavy atom. The molecule has 0 bridgehead atoms. The summed E-state index contributed by atoms with van der Waals surface area (Å²) in [5.74, 6) is 0. The molecule has 18 heavy (non-hydrogen) atoms. The Morgan fingerprint density at radius 2 is 2.11 bits per heavy atom. The highest BCUT2D eigenvalue weighted by molar-refractivity contribution is 5.05. The fraction of sp³-hybridized carbons (Fsp3) is 0.929. The number of nitrogens with zero attached hydrogens (tertiary/aromatic N) is 2. The Hall–Kier alpha value is -0.630. The highest BCUT2D eigenvalue weighted by atomic mass is 16.5. The number of likely N-dealkylation sites (N-methyl/N-ethyl adjacent to an activating group) is 1. The van der Waals surface area contributed by atoms with Crippen LogP contribution in [0.1, 0.15) is 40.5 Å². The summed E-state index contributed by atoms with van der Waals surface area (Å²) in [4.78, 5) is 2.25. The highest BCUT2D eigenvalue weighted by Crippen LogP contribution is 2.14. The van der Waals surface area contributed by atoms with Gasteiger partial charge in [-0.05, 0) is 47.2 Å². The van der Waals surface area contributed by atoms with Gasteiger partial charge >= 0.3 is 0 Å². The van der Waals surface area contributed by atoms with Crippen LogP contribution in [-0.4, -0.2) is 49.8 Å². The van der Waals surface area contributed by atoms with Gasteiger partial charge in [0.05, 0.1) is 12.7 Å². The van der Waals surface area contributed by atoms with Gasteiger partial charge in [0.1, 0.15) is 5.54 Å². The Labute approximate surface area is 112 Å². The molecular formula is C14H29N3O. The minimum absolute atomic E-state index is 0.361. The molecule has 0 aromatic carbocycles. The molecule has 4 heteroatoms. The lowest BCUT2D eigenvalue weighted by molar-refractivity contribution is 0.104. The summed E-state index contributed by atoms with van der Waals surface area (Å²) in [6, 6.07) is 2.76. The number of ether oxygens (including phenoxy) is 1. The fourth-order valence-corrected chi connectivity index (χ4v) is 1.88. The molecule has 0 heterocycles. The third kappa shape index (κ3) is 6.95. The highest BCUT2D eigenvalue weighted by Gasteiger charge is 2.26. The first-order valence-corrected chi connectivity index (χ1v) is 6.93. The molecule has 0 radical (unpaired) electrons. The lowest BCUT2D eigenvalue weighted by Crippen LogP contribution is -2.47. The number of hydrogen-bond acceptors (Lipinski definition) is 4. The number of nitrogens with one attached hydrogen (secondary N) is 1. The molecule has 106 valence electrons. The van der Waals surface area contributed by atoms with E-state index in [1.807, 2.05) is 13.8 Å².